The van der Waals surface area contributed by atoms with Gasteiger partial charge in [-0.25, -0.2) is 9.59 Å². The summed E-state index contributed by atoms with van der Waals surface area (Å²) in [6, 6.07) is 2.86. The molecule has 8 nitrogen and oxygen atoms in total. The zero-order valence-electron chi connectivity index (χ0n) is 12.7. The molecule has 2 aromatic heterocycles. The molecular formula is C14H19ClN2O6. The molecule has 0 bridgehead atoms. The fourth-order valence-electron chi connectivity index (χ4n) is 1.32. The van der Waals surface area contributed by atoms with Crippen molar-refractivity contribution in [3.05, 3.63) is 36.2 Å². The van der Waals surface area contributed by atoms with E-state index in [1.165, 1.54) is 24.7 Å². The van der Waals surface area contributed by atoms with Gasteiger partial charge < -0.3 is 29.8 Å². The summed E-state index contributed by atoms with van der Waals surface area (Å²) in [4.78, 5) is 21.8. The number of rotatable bonds is 4. The molecule has 0 atom stereocenters. The Morgan fingerprint density at radius 1 is 0.913 bits per heavy atom. The first kappa shape index (κ1) is 20.4. The van der Waals surface area contributed by atoms with Gasteiger partial charge in [-0.3, -0.25) is 0 Å². The third kappa shape index (κ3) is 6.79. The van der Waals surface area contributed by atoms with Gasteiger partial charge in [0.2, 0.25) is 11.5 Å². The second-order valence-corrected chi connectivity index (χ2v) is 3.93. The summed E-state index contributed by atoms with van der Waals surface area (Å²) in [6.07, 6.45) is 2.60. The van der Waals surface area contributed by atoms with Crippen LogP contribution in [0.2, 0.25) is 0 Å². The fraction of sp³-hybridized carbons (Fsp3) is 0.286. The van der Waals surface area contributed by atoms with Crippen LogP contribution in [0, 0.1) is 0 Å². The van der Waals surface area contributed by atoms with E-state index in [-0.39, 0.29) is 23.9 Å². The first-order chi connectivity index (χ1) is 10.5. The Labute approximate surface area is 139 Å². The van der Waals surface area contributed by atoms with Crippen LogP contribution in [0.15, 0.2) is 33.5 Å². The summed E-state index contributed by atoms with van der Waals surface area (Å²) in [6.45, 7) is 4.12. The number of nitrogen functional groups attached to an aromatic ring is 2. The standard InChI is InChI=1S/2C7H9NO3.ClH/c2*1-2-10-7(9)6-3-5(8)4-11-6;/h2*3-4H,2,8H2,1H3;1H. The van der Waals surface area contributed by atoms with Crippen molar-refractivity contribution >= 4 is 35.7 Å². The Kier molecular flexibility index (Phi) is 9.02. The van der Waals surface area contributed by atoms with Gasteiger partial charge in [-0.1, -0.05) is 0 Å². The highest BCUT2D eigenvalue weighted by Gasteiger charge is 2.10. The topological polar surface area (TPSA) is 131 Å². The first-order valence-electron chi connectivity index (χ1n) is 6.50. The molecule has 0 saturated heterocycles. The lowest BCUT2D eigenvalue weighted by molar-refractivity contribution is 0.0481. The number of ether oxygens (including phenoxy) is 2. The van der Waals surface area contributed by atoms with Crippen LogP contribution < -0.4 is 11.5 Å². The molecule has 0 fully saturated rings. The molecule has 128 valence electrons. The normalized spacial score (nSPS) is 9.13. The van der Waals surface area contributed by atoms with Gasteiger partial charge in [0.25, 0.3) is 0 Å². The molecule has 0 unspecified atom stereocenters. The van der Waals surface area contributed by atoms with Crippen LogP contribution >= 0.6 is 12.4 Å². The minimum absolute atomic E-state index is 0. The monoisotopic (exact) mass is 346 g/mol. The third-order valence-corrected chi connectivity index (χ3v) is 2.19. The van der Waals surface area contributed by atoms with E-state index in [1.54, 1.807) is 13.8 Å². The van der Waals surface area contributed by atoms with E-state index in [0.29, 0.717) is 24.6 Å². The molecule has 0 saturated carbocycles. The van der Waals surface area contributed by atoms with Crippen LogP contribution in [0.3, 0.4) is 0 Å². The van der Waals surface area contributed by atoms with E-state index >= 15 is 0 Å². The number of esters is 2. The van der Waals surface area contributed by atoms with E-state index in [4.69, 9.17) is 20.3 Å². The number of anilines is 2. The number of nitrogens with two attached hydrogens (primary N) is 2. The van der Waals surface area contributed by atoms with E-state index < -0.39 is 11.9 Å². The molecular weight excluding hydrogens is 328 g/mol. The Hall–Kier alpha value is -2.61. The highest BCUT2D eigenvalue weighted by Crippen LogP contribution is 2.10. The van der Waals surface area contributed by atoms with Crippen molar-refractivity contribution in [1.29, 1.82) is 0 Å². The molecule has 0 aliphatic rings. The van der Waals surface area contributed by atoms with Crippen molar-refractivity contribution < 1.29 is 27.9 Å². The van der Waals surface area contributed by atoms with E-state index in [0.717, 1.165) is 0 Å². The number of furan rings is 2. The zero-order chi connectivity index (χ0) is 16.5. The first-order valence-corrected chi connectivity index (χ1v) is 6.50. The highest BCUT2D eigenvalue weighted by molar-refractivity contribution is 5.87. The summed E-state index contributed by atoms with van der Waals surface area (Å²) in [5.74, 6) is -0.679. The van der Waals surface area contributed by atoms with Crippen LogP contribution in [0.4, 0.5) is 11.4 Å². The van der Waals surface area contributed by atoms with Gasteiger partial charge >= 0.3 is 11.9 Å². The van der Waals surface area contributed by atoms with Gasteiger partial charge in [0.15, 0.2) is 0 Å². The number of hydrogen-bond acceptors (Lipinski definition) is 8. The molecule has 0 spiro atoms. The smallest absolute Gasteiger partial charge is 0.374 e. The molecule has 0 aliphatic heterocycles. The van der Waals surface area contributed by atoms with Crippen molar-refractivity contribution in [3.8, 4) is 0 Å². The molecule has 0 amide bonds. The molecule has 2 aromatic rings. The quantitative estimate of drug-likeness (QED) is 0.807. The number of carbonyl (C=O) groups is 2. The third-order valence-electron chi connectivity index (χ3n) is 2.19. The predicted octanol–water partition coefficient (Wildman–Crippen LogP) is 2.50. The van der Waals surface area contributed by atoms with Crippen LogP contribution in [0.25, 0.3) is 0 Å². The zero-order valence-corrected chi connectivity index (χ0v) is 13.6. The summed E-state index contributed by atoms with van der Waals surface area (Å²) < 4.78 is 18.9. The Morgan fingerprint density at radius 3 is 1.48 bits per heavy atom. The SMILES string of the molecule is CCOC(=O)c1cc(N)co1.CCOC(=O)c1cc(N)co1.Cl. The lowest BCUT2D eigenvalue weighted by atomic mass is 10.4. The summed E-state index contributed by atoms with van der Waals surface area (Å²) >= 11 is 0. The van der Waals surface area contributed by atoms with Crippen molar-refractivity contribution in [2.24, 2.45) is 0 Å². The molecule has 2 rings (SSSR count). The minimum Gasteiger partial charge on any atom is -0.460 e. The van der Waals surface area contributed by atoms with Crippen LogP contribution in [-0.4, -0.2) is 25.2 Å². The summed E-state index contributed by atoms with van der Waals surface area (Å²) in [5, 5.41) is 0. The molecule has 0 radical (unpaired) electrons. The van der Waals surface area contributed by atoms with E-state index in [1.807, 2.05) is 0 Å². The molecule has 4 N–H and O–H groups in total. The maximum absolute atomic E-state index is 10.9. The minimum atomic E-state index is -0.482. The average molecular weight is 347 g/mol. The molecule has 23 heavy (non-hydrogen) atoms. The van der Waals surface area contributed by atoms with Gasteiger partial charge in [0.05, 0.1) is 24.6 Å². The Bertz CT molecular complexity index is 568. The lowest BCUT2D eigenvalue weighted by Crippen LogP contribution is -2.02. The van der Waals surface area contributed by atoms with E-state index in [2.05, 4.69) is 9.47 Å². The van der Waals surface area contributed by atoms with Crippen LogP contribution in [0.5, 0.6) is 0 Å². The van der Waals surface area contributed by atoms with Crippen molar-refractivity contribution in [2.75, 3.05) is 24.7 Å². The largest absolute Gasteiger partial charge is 0.460 e. The van der Waals surface area contributed by atoms with Crippen molar-refractivity contribution in [3.63, 3.8) is 0 Å². The van der Waals surface area contributed by atoms with Gasteiger partial charge in [0.1, 0.15) is 12.5 Å². The maximum Gasteiger partial charge on any atom is 0.374 e. The van der Waals surface area contributed by atoms with E-state index in [9.17, 15) is 9.59 Å². The van der Waals surface area contributed by atoms with Gasteiger partial charge in [-0.05, 0) is 13.8 Å². The molecule has 2 heterocycles. The second-order valence-electron chi connectivity index (χ2n) is 3.93. The fourth-order valence-corrected chi connectivity index (χ4v) is 1.32. The lowest BCUT2D eigenvalue weighted by Gasteiger charge is -1.95. The van der Waals surface area contributed by atoms with Gasteiger partial charge in [-0.2, -0.15) is 0 Å². The Morgan fingerprint density at radius 2 is 1.26 bits per heavy atom. The number of hydrogen-bond donors (Lipinski definition) is 2. The van der Waals surface area contributed by atoms with Crippen LogP contribution in [0.1, 0.15) is 35.0 Å². The maximum atomic E-state index is 10.9. The predicted molar refractivity (Wildman–Crippen MR) is 85.4 cm³/mol. The molecule has 0 aromatic carbocycles. The van der Waals surface area contributed by atoms with Gasteiger partial charge in [-0.15, -0.1) is 12.4 Å². The summed E-state index contributed by atoms with van der Waals surface area (Å²) in [5.41, 5.74) is 11.5. The number of carbonyl (C=O) groups excluding carboxylic acids is 2. The molecule has 9 heteroatoms. The Balaban J connectivity index is 0.000000403. The second kappa shape index (κ2) is 10.2. The van der Waals surface area contributed by atoms with Crippen molar-refractivity contribution in [2.45, 2.75) is 13.8 Å². The van der Waals surface area contributed by atoms with Gasteiger partial charge in [0, 0.05) is 12.1 Å². The van der Waals surface area contributed by atoms with Crippen LogP contribution in [-0.2, 0) is 9.47 Å². The van der Waals surface area contributed by atoms with Crippen molar-refractivity contribution in [1.82, 2.24) is 0 Å². The summed E-state index contributed by atoms with van der Waals surface area (Å²) in [7, 11) is 0. The highest BCUT2D eigenvalue weighted by atomic mass is 35.5. The molecule has 0 aliphatic carbocycles. The average Bonchev–Trinajstić information content (AvgIpc) is 3.09. The number of halogens is 1.